The van der Waals surface area contributed by atoms with Crippen LogP contribution in [0.3, 0.4) is 0 Å². The maximum absolute atomic E-state index is 12.1. The van der Waals surface area contributed by atoms with E-state index in [4.69, 9.17) is 17.3 Å². The van der Waals surface area contributed by atoms with Crippen LogP contribution < -0.4 is 11.1 Å². The van der Waals surface area contributed by atoms with Crippen molar-refractivity contribution in [1.29, 1.82) is 0 Å². The zero-order valence-corrected chi connectivity index (χ0v) is 14.9. The van der Waals surface area contributed by atoms with Crippen molar-refractivity contribution in [1.82, 2.24) is 14.9 Å². The number of carbonyl (C=O) groups excluding carboxylic acids is 1. The lowest BCUT2D eigenvalue weighted by Gasteiger charge is -2.07. The lowest BCUT2D eigenvalue weighted by molar-refractivity contribution is 0.0954. The van der Waals surface area contributed by atoms with E-state index in [0.29, 0.717) is 15.8 Å². The van der Waals surface area contributed by atoms with E-state index < -0.39 is 0 Å². The Kier molecular flexibility index (Phi) is 4.59. The van der Waals surface area contributed by atoms with E-state index in [9.17, 15) is 4.79 Å². The summed E-state index contributed by atoms with van der Waals surface area (Å²) in [5.74, 6) is 0.699. The van der Waals surface area contributed by atoms with Crippen LogP contribution in [0.2, 0.25) is 4.34 Å². The normalized spacial score (nSPS) is 10.8. The largest absolute Gasteiger partial charge is 0.399 e. The van der Waals surface area contributed by atoms with E-state index in [2.05, 4.69) is 10.3 Å². The van der Waals surface area contributed by atoms with Gasteiger partial charge in [-0.3, -0.25) is 4.79 Å². The molecular formula is C17H17ClN4OS. The highest BCUT2D eigenvalue weighted by atomic mass is 35.5. The Morgan fingerprint density at radius 3 is 2.79 bits per heavy atom. The molecule has 0 aliphatic carbocycles. The van der Waals surface area contributed by atoms with Crippen LogP contribution in [-0.4, -0.2) is 15.5 Å². The van der Waals surface area contributed by atoms with Crippen molar-refractivity contribution in [2.24, 2.45) is 0 Å². The Hall–Kier alpha value is -2.31. The summed E-state index contributed by atoms with van der Waals surface area (Å²) in [4.78, 5) is 17.2. The molecule has 124 valence electrons. The summed E-state index contributed by atoms with van der Waals surface area (Å²) >= 11 is 7.11. The summed E-state index contributed by atoms with van der Waals surface area (Å²) in [5, 5.41) is 2.86. The predicted octanol–water partition coefficient (Wildman–Crippen LogP) is 3.72. The summed E-state index contributed by atoms with van der Waals surface area (Å²) in [6, 6.07) is 9.27. The number of aromatic nitrogens is 2. The van der Waals surface area contributed by atoms with Gasteiger partial charge in [-0.1, -0.05) is 11.6 Å². The lowest BCUT2D eigenvalue weighted by Crippen LogP contribution is -2.21. The second kappa shape index (κ2) is 6.67. The molecule has 7 heteroatoms. The second-order valence-corrected chi connectivity index (χ2v) is 7.19. The number of hydrogen-bond acceptors (Lipinski definition) is 4. The number of aryl methyl sites for hydroxylation is 2. The number of halogens is 1. The molecule has 0 spiro atoms. The van der Waals surface area contributed by atoms with Crippen molar-refractivity contribution in [3.8, 4) is 5.69 Å². The summed E-state index contributed by atoms with van der Waals surface area (Å²) < 4.78 is 2.58. The number of nitrogens with one attached hydrogen (secondary N) is 1. The third-order valence-electron chi connectivity index (χ3n) is 3.69. The molecule has 0 atom stereocenters. The Morgan fingerprint density at radius 2 is 2.12 bits per heavy atom. The number of amides is 1. The number of carbonyl (C=O) groups is 1. The van der Waals surface area contributed by atoms with Gasteiger partial charge in [0.15, 0.2) is 0 Å². The van der Waals surface area contributed by atoms with Gasteiger partial charge in [0.2, 0.25) is 0 Å². The number of nitrogens with two attached hydrogens (primary N) is 1. The number of anilines is 1. The minimum atomic E-state index is -0.151. The number of hydrogen-bond donors (Lipinski definition) is 2. The molecular weight excluding hydrogens is 344 g/mol. The summed E-state index contributed by atoms with van der Waals surface area (Å²) in [6.07, 6.45) is 1.92. The highest BCUT2D eigenvalue weighted by Crippen LogP contribution is 2.21. The molecule has 0 radical (unpaired) electrons. The molecule has 3 N–H and O–H groups in total. The molecule has 2 heterocycles. The topological polar surface area (TPSA) is 72.9 Å². The van der Waals surface area contributed by atoms with E-state index in [1.54, 1.807) is 12.1 Å². The highest BCUT2D eigenvalue weighted by Gasteiger charge is 2.11. The van der Waals surface area contributed by atoms with Crippen molar-refractivity contribution in [2.75, 3.05) is 5.73 Å². The Balaban J connectivity index is 1.74. The van der Waals surface area contributed by atoms with E-state index in [0.717, 1.165) is 28.5 Å². The van der Waals surface area contributed by atoms with Crippen LogP contribution in [-0.2, 0) is 6.54 Å². The van der Waals surface area contributed by atoms with Gasteiger partial charge in [0.05, 0.1) is 21.5 Å². The van der Waals surface area contributed by atoms with E-state index in [1.807, 2.05) is 42.8 Å². The van der Waals surface area contributed by atoms with Gasteiger partial charge in [-0.05, 0) is 49.7 Å². The SMILES string of the molecule is Cc1cc(-n2cc(CNC(=O)c3ccc(Cl)s3)nc2C)ccc1N. The van der Waals surface area contributed by atoms with Crippen molar-refractivity contribution >= 4 is 34.5 Å². The maximum Gasteiger partial charge on any atom is 0.261 e. The molecule has 0 aliphatic rings. The maximum atomic E-state index is 12.1. The van der Waals surface area contributed by atoms with Gasteiger partial charge in [-0.2, -0.15) is 0 Å². The van der Waals surface area contributed by atoms with E-state index >= 15 is 0 Å². The Labute approximate surface area is 149 Å². The van der Waals surface area contributed by atoms with Gasteiger partial charge >= 0.3 is 0 Å². The van der Waals surface area contributed by atoms with Crippen LogP contribution in [0, 0.1) is 13.8 Å². The first kappa shape index (κ1) is 16.5. The van der Waals surface area contributed by atoms with Gasteiger partial charge in [0.1, 0.15) is 5.82 Å². The molecule has 0 saturated carbocycles. The molecule has 2 aromatic heterocycles. The summed E-state index contributed by atoms with van der Waals surface area (Å²) in [5.41, 5.74) is 9.43. The molecule has 3 aromatic rings. The van der Waals surface area contributed by atoms with Crippen molar-refractivity contribution in [3.63, 3.8) is 0 Å². The van der Waals surface area contributed by atoms with Gasteiger partial charge in [-0.25, -0.2) is 4.98 Å². The fourth-order valence-corrected chi connectivity index (χ4v) is 3.34. The molecule has 0 fully saturated rings. The fourth-order valence-electron chi connectivity index (χ4n) is 2.38. The number of rotatable bonds is 4. The van der Waals surface area contributed by atoms with Crippen LogP contribution in [0.5, 0.6) is 0 Å². The van der Waals surface area contributed by atoms with Gasteiger partial charge in [-0.15, -0.1) is 11.3 Å². The Morgan fingerprint density at radius 1 is 1.33 bits per heavy atom. The summed E-state index contributed by atoms with van der Waals surface area (Å²) in [7, 11) is 0. The molecule has 24 heavy (non-hydrogen) atoms. The molecule has 0 bridgehead atoms. The fraction of sp³-hybridized carbons (Fsp3) is 0.176. The molecule has 0 aliphatic heterocycles. The van der Waals surface area contributed by atoms with Crippen molar-refractivity contribution < 1.29 is 4.79 Å². The first-order chi connectivity index (χ1) is 11.4. The first-order valence-electron chi connectivity index (χ1n) is 7.39. The van der Waals surface area contributed by atoms with Crippen LogP contribution in [0.4, 0.5) is 5.69 Å². The average molecular weight is 361 g/mol. The zero-order chi connectivity index (χ0) is 17.3. The van der Waals surface area contributed by atoms with Gasteiger partial charge in [0.25, 0.3) is 5.91 Å². The molecule has 1 amide bonds. The first-order valence-corrected chi connectivity index (χ1v) is 8.58. The van der Waals surface area contributed by atoms with Crippen molar-refractivity contribution in [2.45, 2.75) is 20.4 Å². The number of nitrogens with zero attached hydrogens (tertiary/aromatic N) is 2. The smallest absolute Gasteiger partial charge is 0.261 e. The van der Waals surface area contributed by atoms with Crippen LogP contribution in [0.15, 0.2) is 36.5 Å². The molecule has 3 rings (SSSR count). The number of thiophene rings is 1. The van der Waals surface area contributed by atoms with E-state index in [1.165, 1.54) is 11.3 Å². The highest BCUT2D eigenvalue weighted by molar-refractivity contribution is 7.17. The van der Waals surface area contributed by atoms with E-state index in [-0.39, 0.29) is 5.91 Å². The van der Waals surface area contributed by atoms with Crippen LogP contribution >= 0.6 is 22.9 Å². The minimum Gasteiger partial charge on any atom is -0.399 e. The number of nitrogen functional groups attached to an aromatic ring is 1. The minimum absolute atomic E-state index is 0.151. The van der Waals surface area contributed by atoms with Gasteiger partial charge < -0.3 is 15.6 Å². The number of benzene rings is 1. The third-order valence-corrected chi connectivity index (χ3v) is 4.92. The van der Waals surface area contributed by atoms with Gasteiger partial charge in [0, 0.05) is 17.6 Å². The number of imidazole rings is 1. The lowest BCUT2D eigenvalue weighted by atomic mass is 10.2. The quantitative estimate of drug-likeness (QED) is 0.696. The standard InChI is InChI=1S/C17H17ClN4OS/c1-10-7-13(3-4-14(10)19)22-9-12(21-11(22)2)8-20-17(23)15-5-6-16(18)24-15/h3-7,9H,8,19H2,1-2H3,(H,20,23). The Bertz CT molecular complexity index is 900. The predicted molar refractivity (Wildman–Crippen MR) is 97.9 cm³/mol. The summed E-state index contributed by atoms with van der Waals surface area (Å²) in [6.45, 7) is 4.25. The molecule has 0 saturated heterocycles. The second-order valence-electron chi connectivity index (χ2n) is 5.48. The van der Waals surface area contributed by atoms with Crippen molar-refractivity contribution in [3.05, 3.63) is 62.8 Å². The molecule has 5 nitrogen and oxygen atoms in total. The molecule has 1 aromatic carbocycles. The molecule has 0 unspecified atom stereocenters. The van der Waals surface area contributed by atoms with Crippen LogP contribution in [0.1, 0.15) is 26.8 Å². The third kappa shape index (κ3) is 3.44. The monoisotopic (exact) mass is 360 g/mol. The zero-order valence-electron chi connectivity index (χ0n) is 13.3. The van der Waals surface area contributed by atoms with Crippen LogP contribution in [0.25, 0.3) is 5.69 Å². The average Bonchev–Trinajstić information content (AvgIpc) is 3.14.